The highest BCUT2D eigenvalue weighted by atomic mass is 14.2. The quantitative estimate of drug-likeness (QED) is 0.179. The summed E-state index contributed by atoms with van der Waals surface area (Å²) in [5.41, 5.74) is 4.96. The molecule has 0 aliphatic carbocycles. The standard InChI is InChI=1S/C46H30/c1-3-14-31(15-4-1)36-28-34-19-8-10-22-39(34)43(30-36)46-41-24-12-11-23-40(41)45(33-17-5-2-6-18-33)44-29-35(26-27-42(44)46)38-25-13-20-32-16-7-9-21-37(32)38/h1-30H/i11D,12D,23D,24D,26D,27D,29D. The van der Waals surface area contributed by atoms with Crippen molar-refractivity contribution in [2.24, 2.45) is 0 Å². The topological polar surface area (TPSA) is 0 Å². The second-order valence-corrected chi connectivity index (χ2v) is 11.5. The van der Waals surface area contributed by atoms with Gasteiger partial charge >= 0.3 is 0 Å². The van der Waals surface area contributed by atoms with Crippen molar-refractivity contribution in [2.75, 3.05) is 0 Å². The van der Waals surface area contributed by atoms with Crippen LogP contribution in [0, 0.1) is 0 Å². The molecule has 0 saturated carbocycles. The average molecular weight is 590 g/mol. The maximum atomic E-state index is 10.1. The highest BCUT2D eigenvalue weighted by Gasteiger charge is 2.20. The zero-order valence-electron chi connectivity index (χ0n) is 31.8. The Bertz CT molecular complexity index is 2950. The molecule has 46 heavy (non-hydrogen) atoms. The van der Waals surface area contributed by atoms with Gasteiger partial charge in [0.1, 0.15) is 0 Å². The Morgan fingerprint density at radius 3 is 1.67 bits per heavy atom. The van der Waals surface area contributed by atoms with Crippen molar-refractivity contribution in [3.63, 3.8) is 0 Å². The van der Waals surface area contributed by atoms with E-state index in [0.717, 1.165) is 32.7 Å². The summed E-state index contributed by atoms with van der Waals surface area (Å²) in [5, 5.41) is 4.71. The Labute approximate surface area is 278 Å². The van der Waals surface area contributed by atoms with Gasteiger partial charge in [0.25, 0.3) is 0 Å². The van der Waals surface area contributed by atoms with Crippen molar-refractivity contribution in [3.05, 3.63) is 182 Å². The molecule has 0 N–H and O–H groups in total. The van der Waals surface area contributed by atoms with Gasteiger partial charge in [-0.1, -0.05) is 164 Å². The fourth-order valence-electron chi connectivity index (χ4n) is 6.77. The van der Waals surface area contributed by atoms with E-state index in [0.29, 0.717) is 44.2 Å². The molecule has 0 aliphatic rings. The van der Waals surface area contributed by atoms with Gasteiger partial charge in [0, 0.05) is 0 Å². The Hall–Kier alpha value is -5.98. The summed E-state index contributed by atoms with van der Waals surface area (Å²) in [6.45, 7) is 0. The predicted octanol–water partition coefficient (Wildman–Crippen LogP) is 13.0. The van der Waals surface area contributed by atoms with Crippen LogP contribution in [0.1, 0.15) is 9.60 Å². The molecule has 214 valence electrons. The van der Waals surface area contributed by atoms with Crippen molar-refractivity contribution in [2.45, 2.75) is 0 Å². The molecule has 0 saturated heterocycles. The largest absolute Gasteiger partial charge is 0.0636 e. The lowest BCUT2D eigenvalue weighted by Gasteiger charge is -2.20. The number of hydrogen-bond acceptors (Lipinski definition) is 0. The first-order valence-electron chi connectivity index (χ1n) is 18.9. The SMILES string of the molecule is [2H]c1c([2H])c([2H])c2c(-c3cc(-c4ccccc4)cc4ccccc34)c3c([2H])c([2H])c(-c4cccc5ccccc45)c([2H])c3c(-c3ccccc3)c2c1[2H]. The zero-order valence-corrected chi connectivity index (χ0v) is 24.8. The Balaban J connectivity index is 1.59. The molecule has 9 rings (SSSR count). The molecular formula is C46H30. The summed E-state index contributed by atoms with van der Waals surface area (Å²) in [7, 11) is 0. The second-order valence-electron chi connectivity index (χ2n) is 11.5. The molecule has 0 heterocycles. The van der Waals surface area contributed by atoms with Gasteiger partial charge < -0.3 is 0 Å². The van der Waals surface area contributed by atoms with Crippen LogP contribution in [0.3, 0.4) is 0 Å². The predicted molar refractivity (Wildman–Crippen MR) is 198 cm³/mol. The third-order valence-corrected chi connectivity index (χ3v) is 8.86. The summed E-state index contributed by atoms with van der Waals surface area (Å²) in [6, 6.07) is 43.4. The van der Waals surface area contributed by atoms with Crippen molar-refractivity contribution in [3.8, 4) is 44.5 Å². The van der Waals surface area contributed by atoms with E-state index in [1.54, 1.807) is 0 Å². The minimum Gasteiger partial charge on any atom is -0.0622 e. The average Bonchev–Trinajstić information content (AvgIpc) is 3.20. The van der Waals surface area contributed by atoms with E-state index in [1.807, 2.05) is 133 Å². The van der Waals surface area contributed by atoms with Crippen LogP contribution in [0.4, 0.5) is 0 Å². The third-order valence-electron chi connectivity index (χ3n) is 8.86. The minimum absolute atomic E-state index is 0.0234. The van der Waals surface area contributed by atoms with Crippen LogP contribution in [0.2, 0.25) is 0 Å². The lowest BCUT2D eigenvalue weighted by molar-refractivity contribution is 1.63. The summed E-state index contributed by atoms with van der Waals surface area (Å²) >= 11 is 0. The molecular weight excluding hydrogens is 553 g/mol. The first-order chi connectivity index (χ1) is 25.8. The van der Waals surface area contributed by atoms with Gasteiger partial charge in [0.05, 0.1) is 9.60 Å². The van der Waals surface area contributed by atoms with Crippen molar-refractivity contribution >= 4 is 43.1 Å². The number of benzene rings is 9. The molecule has 0 aromatic heterocycles. The van der Waals surface area contributed by atoms with Gasteiger partial charge in [-0.25, -0.2) is 0 Å². The van der Waals surface area contributed by atoms with Crippen molar-refractivity contribution < 1.29 is 9.60 Å². The molecule has 0 heteroatoms. The van der Waals surface area contributed by atoms with Crippen LogP contribution in [-0.4, -0.2) is 0 Å². The van der Waals surface area contributed by atoms with E-state index in [9.17, 15) is 6.85 Å². The van der Waals surface area contributed by atoms with E-state index >= 15 is 0 Å². The van der Waals surface area contributed by atoms with Gasteiger partial charge in [0.15, 0.2) is 0 Å². The fourth-order valence-corrected chi connectivity index (χ4v) is 6.77. The van der Waals surface area contributed by atoms with E-state index in [2.05, 4.69) is 6.07 Å². The van der Waals surface area contributed by atoms with E-state index in [4.69, 9.17) is 2.74 Å². The van der Waals surface area contributed by atoms with Crippen LogP contribution < -0.4 is 0 Å². The second kappa shape index (κ2) is 10.9. The van der Waals surface area contributed by atoms with Crippen molar-refractivity contribution in [1.82, 2.24) is 0 Å². The third kappa shape index (κ3) is 4.30. The van der Waals surface area contributed by atoms with E-state index in [-0.39, 0.29) is 53.1 Å². The van der Waals surface area contributed by atoms with Crippen LogP contribution >= 0.6 is 0 Å². The van der Waals surface area contributed by atoms with Gasteiger partial charge in [-0.2, -0.15) is 0 Å². The number of rotatable bonds is 4. The Morgan fingerprint density at radius 2 is 0.913 bits per heavy atom. The monoisotopic (exact) mass is 589 g/mol. The first-order valence-corrected chi connectivity index (χ1v) is 15.4. The highest BCUT2D eigenvalue weighted by molar-refractivity contribution is 6.24. The molecule has 0 aliphatic heterocycles. The molecule has 0 radical (unpaired) electrons. The van der Waals surface area contributed by atoms with Crippen molar-refractivity contribution in [1.29, 1.82) is 0 Å². The molecule has 0 amide bonds. The lowest BCUT2D eigenvalue weighted by atomic mass is 9.83. The fraction of sp³-hybridized carbons (Fsp3) is 0. The molecule has 0 fully saturated rings. The maximum Gasteiger partial charge on any atom is 0.0636 e. The lowest BCUT2D eigenvalue weighted by Crippen LogP contribution is -1.93. The van der Waals surface area contributed by atoms with Crippen LogP contribution in [0.15, 0.2) is 182 Å². The van der Waals surface area contributed by atoms with E-state index in [1.165, 1.54) is 0 Å². The molecule has 0 spiro atoms. The maximum absolute atomic E-state index is 10.1. The number of hydrogen-bond donors (Lipinski definition) is 0. The van der Waals surface area contributed by atoms with Gasteiger partial charge in [0.2, 0.25) is 0 Å². The zero-order chi connectivity index (χ0) is 36.5. The highest BCUT2D eigenvalue weighted by Crippen LogP contribution is 2.47. The smallest absolute Gasteiger partial charge is 0.0622 e. The normalized spacial score (nSPS) is 13.6. The van der Waals surface area contributed by atoms with Crippen LogP contribution in [0.25, 0.3) is 87.6 Å². The van der Waals surface area contributed by atoms with Gasteiger partial charge in [-0.05, 0) is 106 Å². The Morgan fingerprint density at radius 1 is 0.326 bits per heavy atom. The molecule has 0 bridgehead atoms. The Kier molecular flexibility index (Phi) is 4.76. The molecule has 0 unspecified atom stereocenters. The van der Waals surface area contributed by atoms with Gasteiger partial charge in [-0.15, -0.1) is 0 Å². The first kappa shape index (κ1) is 20.1. The van der Waals surface area contributed by atoms with Crippen LogP contribution in [-0.2, 0) is 0 Å². The minimum atomic E-state index is -0.387. The summed E-state index contributed by atoms with van der Waals surface area (Å²) in [4.78, 5) is 0. The van der Waals surface area contributed by atoms with Crippen LogP contribution in [0.5, 0.6) is 0 Å². The summed E-state index contributed by atoms with van der Waals surface area (Å²) < 4.78 is 66.3. The molecule has 9 aromatic carbocycles. The number of fused-ring (bicyclic) bond motifs is 4. The summed E-state index contributed by atoms with van der Waals surface area (Å²) in [5.74, 6) is 0. The van der Waals surface area contributed by atoms with Gasteiger partial charge in [-0.3, -0.25) is 0 Å². The molecule has 0 nitrogen and oxygen atoms in total. The molecule has 9 aromatic rings. The molecule has 0 atom stereocenters. The summed E-state index contributed by atoms with van der Waals surface area (Å²) in [6.07, 6.45) is 0. The van der Waals surface area contributed by atoms with E-state index < -0.39 is 0 Å².